The van der Waals surface area contributed by atoms with Gasteiger partial charge in [0.25, 0.3) is 0 Å². The number of hydrogen-bond donors (Lipinski definition) is 0. The minimum absolute atomic E-state index is 0.427. The number of Topliss-reactive ketones (excluding diaryl/α,β-unsaturated/α-hetero) is 1. The molecule has 3 nitrogen and oxygen atoms in total. The first-order valence-corrected chi connectivity index (χ1v) is 4.95. The van der Waals surface area contributed by atoms with Crippen molar-refractivity contribution in [2.45, 2.75) is 31.7 Å². The second kappa shape index (κ2) is 5.35. The summed E-state index contributed by atoms with van der Waals surface area (Å²) < 4.78 is 5.02. The van der Waals surface area contributed by atoms with E-state index >= 15 is 0 Å². The van der Waals surface area contributed by atoms with E-state index in [1.165, 1.54) is 0 Å². The highest BCUT2D eigenvalue weighted by molar-refractivity contribution is 5.79. The molecule has 0 aromatic carbocycles. The molecule has 1 aliphatic rings. The van der Waals surface area contributed by atoms with Crippen LogP contribution in [0.25, 0.3) is 0 Å². The number of carbonyl (C=O) groups is 1. The van der Waals surface area contributed by atoms with Crippen LogP contribution in [0, 0.1) is 0 Å². The molecule has 0 N–H and O–H groups in total. The van der Waals surface area contributed by atoms with E-state index in [1.54, 1.807) is 7.11 Å². The number of rotatable bonds is 4. The lowest BCUT2D eigenvalue weighted by Gasteiger charge is -2.30. The van der Waals surface area contributed by atoms with Crippen molar-refractivity contribution in [3.63, 3.8) is 0 Å². The summed E-state index contributed by atoms with van der Waals surface area (Å²) in [5.74, 6) is 0.427. The molecule has 0 aromatic rings. The molecule has 1 rings (SSSR count). The number of ether oxygens (including phenoxy) is 1. The van der Waals surface area contributed by atoms with Crippen LogP contribution in [0.4, 0.5) is 0 Å². The van der Waals surface area contributed by atoms with E-state index in [2.05, 4.69) is 11.9 Å². The van der Waals surface area contributed by atoms with Gasteiger partial charge >= 0.3 is 0 Å². The van der Waals surface area contributed by atoms with Crippen molar-refractivity contribution >= 4 is 5.78 Å². The van der Waals surface area contributed by atoms with Gasteiger partial charge in [0.1, 0.15) is 5.78 Å². The fourth-order valence-electron chi connectivity index (χ4n) is 1.78. The van der Waals surface area contributed by atoms with Crippen LogP contribution in [-0.4, -0.2) is 44.0 Å². The Bertz CT molecular complexity index is 160. The summed E-state index contributed by atoms with van der Waals surface area (Å²) >= 11 is 0. The van der Waals surface area contributed by atoms with Crippen LogP contribution >= 0.6 is 0 Å². The quantitative estimate of drug-likeness (QED) is 0.656. The van der Waals surface area contributed by atoms with Crippen molar-refractivity contribution in [1.29, 1.82) is 0 Å². The standard InChI is InChI=1S/C10H19NO2/c1-11(7-8-13-2)9-3-5-10(12)6-4-9/h9H,3-8H2,1-2H3. The van der Waals surface area contributed by atoms with Gasteiger partial charge in [-0.1, -0.05) is 0 Å². The van der Waals surface area contributed by atoms with Crippen LogP contribution < -0.4 is 0 Å². The number of nitrogens with zero attached hydrogens (tertiary/aromatic N) is 1. The third-order valence-corrected chi connectivity index (χ3v) is 2.78. The third-order valence-electron chi connectivity index (χ3n) is 2.78. The van der Waals surface area contributed by atoms with Crippen LogP contribution in [0.1, 0.15) is 25.7 Å². The van der Waals surface area contributed by atoms with Gasteiger partial charge in [-0.2, -0.15) is 0 Å². The van der Waals surface area contributed by atoms with Crippen molar-refractivity contribution < 1.29 is 9.53 Å². The van der Waals surface area contributed by atoms with Crippen LogP contribution in [0.5, 0.6) is 0 Å². The molecule has 1 fully saturated rings. The molecule has 1 aliphatic carbocycles. The van der Waals surface area contributed by atoms with Gasteiger partial charge in [-0.3, -0.25) is 4.79 Å². The minimum Gasteiger partial charge on any atom is -0.383 e. The molecule has 0 bridgehead atoms. The lowest BCUT2D eigenvalue weighted by atomic mass is 9.93. The largest absolute Gasteiger partial charge is 0.383 e. The highest BCUT2D eigenvalue weighted by atomic mass is 16.5. The Balaban J connectivity index is 2.23. The molecular formula is C10H19NO2. The highest BCUT2D eigenvalue weighted by Gasteiger charge is 2.21. The predicted molar refractivity (Wildman–Crippen MR) is 51.8 cm³/mol. The van der Waals surface area contributed by atoms with Gasteiger partial charge in [-0.15, -0.1) is 0 Å². The zero-order valence-corrected chi connectivity index (χ0v) is 8.58. The third kappa shape index (κ3) is 3.44. The highest BCUT2D eigenvalue weighted by Crippen LogP contribution is 2.18. The molecule has 0 spiro atoms. The molecule has 0 aromatic heterocycles. The van der Waals surface area contributed by atoms with Crippen molar-refractivity contribution in [1.82, 2.24) is 4.90 Å². The van der Waals surface area contributed by atoms with Gasteiger partial charge in [-0.05, 0) is 19.9 Å². The number of methoxy groups -OCH3 is 1. The molecule has 1 saturated carbocycles. The van der Waals surface area contributed by atoms with Crippen molar-refractivity contribution in [2.75, 3.05) is 27.3 Å². The van der Waals surface area contributed by atoms with Gasteiger partial charge in [-0.25, -0.2) is 0 Å². The van der Waals surface area contributed by atoms with Crippen LogP contribution in [-0.2, 0) is 9.53 Å². The van der Waals surface area contributed by atoms with Gasteiger partial charge in [0.15, 0.2) is 0 Å². The summed E-state index contributed by atoms with van der Waals surface area (Å²) in [7, 11) is 3.83. The second-order valence-corrected chi connectivity index (χ2v) is 3.74. The molecular weight excluding hydrogens is 166 g/mol. The summed E-state index contributed by atoms with van der Waals surface area (Å²) in [5.41, 5.74) is 0. The van der Waals surface area contributed by atoms with Crippen LogP contribution in [0.2, 0.25) is 0 Å². The summed E-state index contributed by atoms with van der Waals surface area (Å²) in [5, 5.41) is 0. The summed E-state index contributed by atoms with van der Waals surface area (Å²) in [4.78, 5) is 13.3. The Labute approximate surface area is 80.1 Å². The maximum absolute atomic E-state index is 11.0. The van der Waals surface area contributed by atoms with Crippen molar-refractivity contribution in [3.05, 3.63) is 0 Å². The fourth-order valence-corrected chi connectivity index (χ4v) is 1.78. The molecule has 0 amide bonds. The molecule has 0 unspecified atom stereocenters. The minimum atomic E-state index is 0.427. The Kier molecular flexibility index (Phi) is 4.39. The van der Waals surface area contributed by atoms with Gasteiger partial charge in [0.05, 0.1) is 6.61 Å². The first-order chi connectivity index (χ1) is 6.24. The summed E-state index contributed by atoms with van der Waals surface area (Å²) in [6.45, 7) is 1.75. The van der Waals surface area contributed by atoms with Crippen LogP contribution in [0.3, 0.4) is 0 Å². The smallest absolute Gasteiger partial charge is 0.133 e. The molecule has 3 heteroatoms. The number of carbonyl (C=O) groups excluding carboxylic acids is 1. The van der Waals surface area contributed by atoms with Gasteiger partial charge in [0.2, 0.25) is 0 Å². The lowest BCUT2D eigenvalue weighted by Crippen LogP contribution is -2.37. The zero-order valence-electron chi connectivity index (χ0n) is 8.58. The van der Waals surface area contributed by atoms with Gasteiger partial charge < -0.3 is 9.64 Å². The van der Waals surface area contributed by atoms with Crippen molar-refractivity contribution in [3.8, 4) is 0 Å². The SMILES string of the molecule is COCCN(C)C1CCC(=O)CC1. The van der Waals surface area contributed by atoms with E-state index < -0.39 is 0 Å². The molecule has 13 heavy (non-hydrogen) atoms. The molecule has 0 aliphatic heterocycles. The maximum atomic E-state index is 11.0. The van der Waals surface area contributed by atoms with E-state index in [1.807, 2.05) is 0 Å². The molecule has 76 valence electrons. The van der Waals surface area contributed by atoms with E-state index in [0.717, 1.165) is 38.8 Å². The molecule has 0 radical (unpaired) electrons. The zero-order chi connectivity index (χ0) is 9.68. The molecule has 0 atom stereocenters. The monoisotopic (exact) mass is 185 g/mol. The summed E-state index contributed by atoms with van der Waals surface area (Å²) in [6, 6.07) is 0.591. The Morgan fingerprint density at radius 2 is 2.08 bits per heavy atom. The Hall–Kier alpha value is -0.410. The average molecular weight is 185 g/mol. The average Bonchev–Trinajstić information content (AvgIpc) is 2.15. The van der Waals surface area contributed by atoms with E-state index in [-0.39, 0.29) is 0 Å². The Morgan fingerprint density at radius 3 is 2.62 bits per heavy atom. The fraction of sp³-hybridized carbons (Fsp3) is 0.900. The van der Waals surface area contributed by atoms with E-state index in [4.69, 9.17) is 4.74 Å². The Morgan fingerprint density at radius 1 is 1.46 bits per heavy atom. The second-order valence-electron chi connectivity index (χ2n) is 3.74. The first kappa shape index (κ1) is 10.7. The first-order valence-electron chi connectivity index (χ1n) is 4.95. The maximum Gasteiger partial charge on any atom is 0.133 e. The van der Waals surface area contributed by atoms with E-state index in [9.17, 15) is 4.79 Å². The predicted octanol–water partition coefficient (Wildman–Crippen LogP) is 1.08. The van der Waals surface area contributed by atoms with Gasteiger partial charge in [0, 0.05) is 32.5 Å². The topological polar surface area (TPSA) is 29.5 Å². The van der Waals surface area contributed by atoms with E-state index in [0.29, 0.717) is 11.8 Å². The molecule has 0 saturated heterocycles. The normalized spacial score (nSPS) is 19.8. The number of hydrogen-bond acceptors (Lipinski definition) is 3. The van der Waals surface area contributed by atoms with Crippen LogP contribution in [0.15, 0.2) is 0 Å². The number of likely N-dealkylation sites (N-methyl/N-ethyl adjacent to an activating group) is 1. The molecule has 0 heterocycles. The summed E-state index contributed by atoms with van der Waals surface area (Å²) in [6.07, 6.45) is 3.59. The lowest BCUT2D eigenvalue weighted by molar-refractivity contribution is -0.121. The number of ketones is 1. The van der Waals surface area contributed by atoms with Crippen molar-refractivity contribution in [2.24, 2.45) is 0 Å².